The predicted molar refractivity (Wildman–Crippen MR) is 143 cm³/mol. The number of halogens is 2. The van der Waals surface area contributed by atoms with Gasteiger partial charge in [0, 0.05) is 6.54 Å². The van der Waals surface area contributed by atoms with Crippen LogP contribution in [0.15, 0.2) is 59.5 Å². The van der Waals surface area contributed by atoms with Crippen LogP contribution in [0.3, 0.4) is 0 Å². The second kappa shape index (κ2) is 9.91. The molecule has 1 heterocycles. The van der Waals surface area contributed by atoms with Gasteiger partial charge >= 0.3 is 0 Å². The third kappa shape index (κ3) is 4.93. The molecule has 0 spiro atoms. The number of ether oxygens (including phenoxy) is 1. The summed E-state index contributed by atoms with van der Waals surface area (Å²) in [4.78, 5) is 26.4. The number of hydrogen-bond acceptors (Lipinski definition) is 4. The third-order valence-corrected chi connectivity index (χ3v) is 7.40. The Balaban J connectivity index is 1.55. The van der Waals surface area contributed by atoms with Crippen molar-refractivity contribution in [1.29, 1.82) is 0 Å². The lowest BCUT2D eigenvalue weighted by atomic mass is 10.1. The molecule has 0 aromatic heterocycles. The zero-order valence-electron chi connectivity index (χ0n) is 16.7. The molecule has 4 rings (SSSR count). The molecular formula is C24H19I2NO3S. The highest BCUT2D eigenvalue weighted by Crippen LogP contribution is 2.35. The molecule has 31 heavy (non-hydrogen) atoms. The summed E-state index contributed by atoms with van der Waals surface area (Å²) in [7, 11) is 0. The van der Waals surface area contributed by atoms with E-state index in [1.54, 1.807) is 6.08 Å². The Hall–Kier alpha value is -1.59. The van der Waals surface area contributed by atoms with Gasteiger partial charge in [0.1, 0.15) is 12.4 Å². The Kier molecular flexibility index (Phi) is 7.22. The van der Waals surface area contributed by atoms with E-state index >= 15 is 0 Å². The van der Waals surface area contributed by atoms with Crippen molar-refractivity contribution in [2.45, 2.75) is 20.0 Å². The van der Waals surface area contributed by atoms with Crippen molar-refractivity contribution in [2.24, 2.45) is 0 Å². The molecule has 3 aromatic rings. The second-order valence-corrected chi connectivity index (χ2v) is 10.4. The quantitative estimate of drug-likeness (QED) is 0.211. The van der Waals surface area contributed by atoms with Crippen LogP contribution in [-0.2, 0) is 11.4 Å². The van der Waals surface area contributed by atoms with Crippen molar-refractivity contribution < 1.29 is 14.3 Å². The Morgan fingerprint density at radius 2 is 1.74 bits per heavy atom. The lowest BCUT2D eigenvalue weighted by Crippen LogP contribution is -2.28. The summed E-state index contributed by atoms with van der Waals surface area (Å²) in [5.41, 5.74) is 2.02. The molecular weight excluding hydrogens is 636 g/mol. The van der Waals surface area contributed by atoms with E-state index in [0.29, 0.717) is 18.1 Å². The number of nitrogens with zero attached hydrogens (tertiary/aromatic N) is 1. The molecule has 0 unspecified atom stereocenters. The largest absolute Gasteiger partial charge is 0.487 e. The fourth-order valence-electron chi connectivity index (χ4n) is 3.44. The first kappa shape index (κ1) is 22.6. The number of amides is 2. The third-order valence-electron chi connectivity index (χ3n) is 4.89. The highest BCUT2D eigenvalue weighted by atomic mass is 127. The van der Waals surface area contributed by atoms with Gasteiger partial charge in [0.2, 0.25) is 0 Å². The van der Waals surface area contributed by atoms with Crippen LogP contribution in [0.1, 0.15) is 24.5 Å². The van der Waals surface area contributed by atoms with Gasteiger partial charge < -0.3 is 4.74 Å². The van der Waals surface area contributed by atoms with Crippen LogP contribution in [-0.4, -0.2) is 22.6 Å². The number of imide groups is 1. The van der Waals surface area contributed by atoms with E-state index in [1.807, 2.05) is 37.3 Å². The normalized spacial score (nSPS) is 15.3. The minimum Gasteiger partial charge on any atom is -0.487 e. The molecule has 3 aromatic carbocycles. The molecule has 4 nitrogen and oxygen atoms in total. The second-order valence-electron chi connectivity index (χ2n) is 7.07. The van der Waals surface area contributed by atoms with Crippen molar-refractivity contribution in [3.63, 3.8) is 0 Å². The SMILES string of the molecule is CCCN1C(=O)S/C(=C/c2cc(I)c(OCc3cccc4ccccc34)c(I)c2)C1=O. The molecule has 0 bridgehead atoms. The van der Waals surface area contributed by atoms with Gasteiger partial charge in [-0.3, -0.25) is 14.5 Å². The van der Waals surface area contributed by atoms with Crippen LogP contribution in [0, 0.1) is 7.14 Å². The van der Waals surface area contributed by atoms with E-state index in [-0.39, 0.29) is 11.1 Å². The molecule has 158 valence electrons. The lowest BCUT2D eigenvalue weighted by molar-refractivity contribution is -0.122. The molecule has 0 aliphatic carbocycles. The summed E-state index contributed by atoms with van der Waals surface area (Å²) < 4.78 is 8.13. The zero-order valence-corrected chi connectivity index (χ0v) is 21.9. The van der Waals surface area contributed by atoms with Gasteiger partial charge in [-0.2, -0.15) is 0 Å². The van der Waals surface area contributed by atoms with Crippen LogP contribution >= 0.6 is 56.9 Å². The van der Waals surface area contributed by atoms with Gasteiger partial charge in [0.25, 0.3) is 11.1 Å². The number of hydrogen-bond donors (Lipinski definition) is 0. The van der Waals surface area contributed by atoms with Crippen molar-refractivity contribution >= 4 is 84.9 Å². The predicted octanol–water partition coefficient (Wildman–Crippen LogP) is 7.07. The molecule has 2 amide bonds. The molecule has 7 heteroatoms. The maximum absolute atomic E-state index is 12.5. The van der Waals surface area contributed by atoms with E-state index in [2.05, 4.69) is 69.4 Å². The Morgan fingerprint density at radius 1 is 1.03 bits per heavy atom. The maximum atomic E-state index is 12.5. The van der Waals surface area contributed by atoms with Crippen LogP contribution in [0.5, 0.6) is 5.75 Å². The smallest absolute Gasteiger partial charge is 0.293 e. The standard InChI is InChI=1S/C24H19I2NO3S/c1-2-10-27-23(28)21(31-24(27)29)13-15-11-19(25)22(20(26)12-15)30-14-17-8-5-7-16-6-3-4-9-18(16)17/h3-9,11-13H,2,10,14H2,1H3/b21-13+. The number of thioether (sulfide) groups is 1. The first-order chi connectivity index (χ1) is 15.0. The minimum atomic E-state index is -0.210. The van der Waals surface area contributed by atoms with Gasteiger partial charge in [0.05, 0.1) is 12.0 Å². The molecule has 1 fully saturated rings. The molecule has 0 N–H and O–H groups in total. The van der Waals surface area contributed by atoms with Gasteiger partial charge in [-0.05, 0) is 103 Å². The molecule has 1 aliphatic heterocycles. The topological polar surface area (TPSA) is 46.6 Å². The number of carbonyl (C=O) groups excluding carboxylic acids is 2. The molecule has 0 radical (unpaired) electrons. The van der Waals surface area contributed by atoms with Gasteiger partial charge in [-0.1, -0.05) is 49.4 Å². The highest BCUT2D eigenvalue weighted by Gasteiger charge is 2.34. The molecule has 1 saturated heterocycles. The number of fused-ring (bicyclic) bond motifs is 1. The van der Waals surface area contributed by atoms with Gasteiger partial charge in [0.15, 0.2) is 0 Å². The van der Waals surface area contributed by atoms with Crippen molar-refractivity contribution in [1.82, 2.24) is 4.90 Å². The fraction of sp³-hybridized carbons (Fsp3) is 0.167. The highest BCUT2D eigenvalue weighted by molar-refractivity contribution is 14.1. The van der Waals surface area contributed by atoms with E-state index in [4.69, 9.17) is 4.74 Å². The zero-order chi connectivity index (χ0) is 22.0. The van der Waals surface area contributed by atoms with E-state index < -0.39 is 0 Å². The van der Waals surface area contributed by atoms with Crippen LogP contribution in [0.4, 0.5) is 4.79 Å². The first-order valence-electron chi connectivity index (χ1n) is 9.81. The fourth-order valence-corrected chi connectivity index (χ4v) is 6.43. The summed E-state index contributed by atoms with van der Waals surface area (Å²) in [6, 6.07) is 18.5. The minimum absolute atomic E-state index is 0.197. The maximum Gasteiger partial charge on any atom is 0.293 e. The number of benzene rings is 3. The van der Waals surface area contributed by atoms with Crippen molar-refractivity contribution in [3.05, 3.63) is 77.8 Å². The summed E-state index contributed by atoms with van der Waals surface area (Å²) in [6.45, 7) is 2.88. The summed E-state index contributed by atoms with van der Waals surface area (Å²) in [6.07, 6.45) is 2.54. The van der Waals surface area contributed by atoms with Gasteiger partial charge in [-0.25, -0.2) is 0 Å². The number of rotatable bonds is 6. The van der Waals surface area contributed by atoms with Crippen molar-refractivity contribution in [2.75, 3.05) is 6.54 Å². The summed E-state index contributed by atoms with van der Waals surface area (Å²) in [5.74, 6) is 0.614. The average Bonchev–Trinajstić information content (AvgIpc) is 3.01. The molecule has 0 saturated carbocycles. The van der Waals surface area contributed by atoms with E-state index in [0.717, 1.165) is 42.2 Å². The lowest BCUT2D eigenvalue weighted by Gasteiger charge is -2.13. The van der Waals surface area contributed by atoms with E-state index in [9.17, 15) is 9.59 Å². The summed E-state index contributed by atoms with van der Waals surface area (Å²) >= 11 is 5.52. The first-order valence-corrected chi connectivity index (χ1v) is 12.8. The Morgan fingerprint density at radius 3 is 2.48 bits per heavy atom. The van der Waals surface area contributed by atoms with E-state index in [1.165, 1.54) is 15.7 Å². The average molecular weight is 655 g/mol. The molecule has 0 atom stereocenters. The Bertz CT molecular complexity index is 1180. The summed E-state index contributed by atoms with van der Waals surface area (Å²) in [5, 5.41) is 2.19. The monoisotopic (exact) mass is 655 g/mol. The van der Waals surface area contributed by atoms with Crippen LogP contribution < -0.4 is 4.74 Å². The van der Waals surface area contributed by atoms with Gasteiger partial charge in [-0.15, -0.1) is 0 Å². The Labute approximate surface area is 212 Å². The van der Waals surface area contributed by atoms with Crippen LogP contribution in [0.25, 0.3) is 16.8 Å². The molecule has 1 aliphatic rings. The van der Waals surface area contributed by atoms with Crippen molar-refractivity contribution in [3.8, 4) is 5.75 Å². The van der Waals surface area contributed by atoms with Crippen LogP contribution in [0.2, 0.25) is 0 Å². The number of carbonyl (C=O) groups is 2.